The van der Waals surface area contributed by atoms with Crippen molar-refractivity contribution in [2.24, 2.45) is 0 Å². The lowest BCUT2D eigenvalue weighted by Crippen LogP contribution is -2.43. The molecule has 0 saturated heterocycles. The Morgan fingerprint density at radius 3 is 2.38 bits per heavy atom. The molecular weight excluding hydrogens is 328 g/mol. The minimum Gasteiger partial charge on any atom is -0.484 e. The number of ether oxygens (including phenoxy) is 1. The Balaban J connectivity index is 1.53. The van der Waals surface area contributed by atoms with E-state index in [4.69, 9.17) is 4.74 Å². The molecule has 0 bridgehead atoms. The summed E-state index contributed by atoms with van der Waals surface area (Å²) < 4.78 is 5.44. The van der Waals surface area contributed by atoms with Crippen LogP contribution in [-0.2, 0) is 4.79 Å². The number of carbonyl (C=O) groups is 2. The van der Waals surface area contributed by atoms with Crippen LogP contribution in [0.3, 0.4) is 0 Å². The van der Waals surface area contributed by atoms with Crippen LogP contribution in [0, 0.1) is 13.8 Å². The van der Waals surface area contributed by atoms with E-state index in [0.717, 1.165) is 21.9 Å². The van der Waals surface area contributed by atoms with Crippen molar-refractivity contribution in [3.05, 3.63) is 77.4 Å². The molecule has 0 unspecified atom stereocenters. The fourth-order valence-electron chi connectivity index (χ4n) is 2.52. The molecule has 0 aliphatic heterocycles. The van der Waals surface area contributed by atoms with Gasteiger partial charge >= 0.3 is 0 Å². The lowest BCUT2D eigenvalue weighted by atomic mass is 10.1. The summed E-state index contributed by atoms with van der Waals surface area (Å²) in [5.41, 5.74) is 7.48. The monoisotopic (exact) mass is 348 g/mol. The van der Waals surface area contributed by atoms with Gasteiger partial charge in [-0.05, 0) is 60.0 Å². The summed E-state index contributed by atoms with van der Waals surface area (Å²) >= 11 is 0. The molecule has 0 aliphatic rings. The molecule has 0 aromatic heterocycles. The zero-order valence-electron chi connectivity index (χ0n) is 14.7. The van der Waals surface area contributed by atoms with E-state index in [-0.39, 0.29) is 12.5 Å². The highest BCUT2D eigenvalue weighted by Crippen LogP contribution is 2.16. The van der Waals surface area contributed by atoms with Crippen LogP contribution >= 0.6 is 0 Å². The van der Waals surface area contributed by atoms with Crippen LogP contribution in [0.15, 0.2) is 60.7 Å². The number of benzene rings is 3. The first-order valence-electron chi connectivity index (χ1n) is 8.31. The van der Waals surface area contributed by atoms with E-state index in [1.54, 1.807) is 12.1 Å². The maximum absolute atomic E-state index is 12.2. The third kappa shape index (κ3) is 4.19. The SMILES string of the molecule is Cc1ccc(OCC(=O)NNC(=O)c2ccc3ccccc3c2)cc1C. The Morgan fingerprint density at radius 1 is 0.846 bits per heavy atom. The predicted molar refractivity (Wildman–Crippen MR) is 101 cm³/mol. The number of fused-ring (bicyclic) bond motifs is 1. The number of hydrogen-bond donors (Lipinski definition) is 2. The van der Waals surface area contributed by atoms with Gasteiger partial charge in [0, 0.05) is 5.56 Å². The van der Waals surface area contributed by atoms with Crippen LogP contribution in [0.2, 0.25) is 0 Å². The maximum Gasteiger partial charge on any atom is 0.276 e. The molecule has 3 aromatic carbocycles. The van der Waals surface area contributed by atoms with E-state index in [9.17, 15) is 9.59 Å². The van der Waals surface area contributed by atoms with Crippen molar-refractivity contribution >= 4 is 22.6 Å². The Bertz CT molecular complexity index is 966. The van der Waals surface area contributed by atoms with Crippen molar-refractivity contribution in [3.8, 4) is 5.75 Å². The van der Waals surface area contributed by atoms with Crippen molar-refractivity contribution in [2.75, 3.05) is 6.61 Å². The van der Waals surface area contributed by atoms with Gasteiger partial charge in [0.2, 0.25) is 0 Å². The van der Waals surface area contributed by atoms with E-state index >= 15 is 0 Å². The number of amides is 2. The number of hydrazine groups is 1. The molecule has 2 amide bonds. The third-order valence-electron chi connectivity index (χ3n) is 4.18. The topological polar surface area (TPSA) is 67.4 Å². The van der Waals surface area contributed by atoms with Crippen molar-refractivity contribution in [1.82, 2.24) is 10.9 Å². The van der Waals surface area contributed by atoms with Gasteiger partial charge in [-0.25, -0.2) is 0 Å². The van der Waals surface area contributed by atoms with E-state index in [0.29, 0.717) is 11.3 Å². The van der Waals surface area contributed by atoms with E-state index in [1.807, 2.05) is 62.4 Å². The first-order valence-corrected chi connectivity index (χ1v) is 8.31. The fraction of sp³-hybridized carbons (Fsp3) is 0.143. The molecule has 0 radical (unpaired) electrons. The van der Waals surface area contributed by atoms with Gasteiger partial charge in [-0.1, -0.05) is 36.4 Å². The Kier molecular flexibility index (Phi) is 5.17. The molecule has 5 nitrogen and oxygen atoms in total. The summed E-state index contributed by atoms with van der Waals surface area (Å²) in [5, 5.41) is 2.01. The highest BCUT2D eigenvalue weighted by Gasteiger charge is 2.09. The van der Waals surface area contributed by atoms with Crippen LogP contribution in [-0.4, -0.2) is 18.4 Å². The summed E-state index contributed by atoms with van der Waals surface area (Å²) in [4.78, 5) is 24.0. The van der Waals surface area contributed by atoms with Crippen molar-refractivity contribution in [3.63, 3.8) is 0 Å². The van der Waals surface area contributed by atoms with Crippen molar-refractivity contribution < 1.29 is 14.3 Å². The molecule has 3 rings (SSSR count). The Morgan fingerprint density at radius 2 is 1.62 bits per heavy atom. The highest BCUT2D eigenvalue weighted by molar-refractivity contribution is 5.99. The molecule has 0 aliphatic carbocycles. The summed E-state index contributed by atoms with van der Waals surface area (Å²) in [7, 11) is 0. The molecule has 0 saturated carbocycles. The number of nitrogens with one attached hydrogen (secondary N) is 2. The zero-order chi connectivity index (χ0) is 18.5. The van der Waals surface area contributed by atoms with Gasteiger partial charge in [-0.2, -0.15) is 0 Å². The standard InChI is InChI=1S/C21H20N2O3/c1-14-7-10-19(11-15(14)2)26-13-20(24)22-23-21(25)18-9-8-16-5-3-4-6-17(16)12-18/h3-12H,13H2,1-2H3,(H,22,24)(H,23,25). The minimum absolute atomic E-state index is 0.180. The number of carbonyl (C=O) groups excluding carboxylic acids is 2. The Labute approximate surface area is 152 Å². The van der Waals surface area contributed by atoms with Crippen molar-refractivity contribution in [1.29, 1.82) is 0 Å². The largest absolute Gasteiger partial charge is 0.484 e. The van der Waals surface area contributed by atoms with E-state index < -0.39 is 5.91 Å². The quantitative estimate of drug-likeness (QED) is 0.711. The van der Waals surface area contributed by atoms with Gasteiger partial charge in [0.1, 0.15) is 5.75 Å². The second kappa shape index (κ2) is 7.70. The molecule has 26 heavy (non-hydrogen) atoms. The molecule has 5 heteroatoms. The second-order valence-electron chi connectivity index (χ2n) is 6.10. The summed E-state index contributed by atoms with van der Waals surface area (Å²) in [6.07, 6.45) is 0. The second-order valence-corrected chi connectivity index (χ2v) is 6.10. The van der Waals surface area contributed by atoms with Gasteiger partial charge in [0.05, 0.1) is 0 Å². The minimum atomic E-state index is -0.433. The van der Waals surface area contributed by atoms with Gasteiger partial charge in [0.15, 0.2) is 6.61 Å². The molecule has 132 valence electrons. The number of aryl methyl sites for hydroxylation is 2. The van der Waals surface area contributed by atoms with E-state index in [1.165, 1.54) is 0 Å². The van der Waals surface area contributed by atoms with Crippen LogP contribution in [0.5, 0.6) is 5.75 Å². The summed E-state index contributed by atoms with van der Waals surface area (Å²) in [5.74, 6) is -0.197. The van der Waals surface area contributed by atoms with Gasteiger partial charge < -0.3 is 4.74 Å². The number of hydrogen-bond acceptors (Lipinski definition) is 3. The van der Waals surface area contributed by atoms with Gasteiger partial charge in [-0.3, -0.25) is 20.4 Å². The summed E-state index contributed by atoms with van der Waals surface area (Å²) in [6.45, 7) is 3.81. The molecule has 0 atom stereocenters. The first-order chi connectivity index (χ1) is 12.5. The van der Waals surface area contributed by atoms with Gasteiger partial charge in [-0.15, -0.1) is 0 Å². The number of rotatable bonds is 4. The lowest BCUT2D eigenvalue weighted by molar-refractivity contribution is -0.123. The molecule has 3 aromatic rings. The average Bonchev–Trinajstić information content (AvgIpc) is 2.66. The Hall–Kier alpha value is -3.34. The van der Waals surface area contributed by atoms with E-state index in [2.05, 4.69) is 10.9 Å². The molecule has 2 N–H and O–H groups in total. The van der Waals surface area contributed by atoms with Crippen LogP contribution in [0.1, 0.15) is 21.5 Å². The molecule has 0 fully saturated rings. The smallest absolute Gasteiger partial charge is 0.276 e. The third-order valence-corrected chi connectivity index (χ3v) is 4.18. The molecular formula is C21H20N2O3. The average molecular weight is 348 g/mol. The normalized spacial score (nSPS) is 10.4. The maximum atomic E-state index is 12.2. The lowest BCUT2D eigenvalue weighted by Gasteiger charge is -2.10. The van der Waals surface area contributed by atoms with Gasteiger partial charge in [0.25, 0.3) is 11.8 Å². The molecule has 0 heterocycles. The predicted octanol–water partition coefficient (Wildman–Crippen LogP) is 3.30. The van der Waals surface area contributed by atoms with Crippen molar-refractivity contribution in [2.45, 2.75) is 13.8 Å². The van der Waals surface area contributed by atoms with Crippen LogP contribution < -0.4 is 15.6 Å². The fourth-order valence-corrected chi connectivity index (χ4v) is 2.52. The van der Waals surface area contributed by atoms with Crippen LogP contribution in [0.25, 0.3) is 10.8 Å². The zero-order valence-corrected chi connectivity index (χ0v) is 14.7. The van der Waals surface area contributed by atoms with Crippen LogP contribution in [0.4, 0.5) is 0 Å². The molecule has 0 spiro atoms. The first kappa shape index (κ1) is 17.5. The summed E-state index contributed by atoms with van der Waals surface area (Å²) in [6, 6.07) is 18.7. The highest BCUT2D eigenvalue weighted by atomic mass is 16.5.